The highest BCUT2D eigenvalue weighted by Crippen LogP contribution is 2.25. The van der Waals surface area contributed by atoms with Crippen LogP contribution in [0.15, 0.2) is 53.7 Å². The molecule has 3 rings (SSSR count). The van der Waals surface area contributed by atoms with Gasteiger partial charge in [0, 0.05) is 12.6 Å². The average Bonchev–Trinajstić information content (AvgIpc) is 3.06. The molecule has 27 heavy (non-hydrogen) atoms. The number of hydrogen-bond acceptors (Lipinski definition) is 4. The van der Waals surface area contributed by atoms with Gasteiger partial charge in [0.25, 0.3) is 0 Å². The van der Waals surface area contributed by atoms with Gasteiger partial charge < -0.3 is 4.57 Å². The minimum atomic E-state index is -0.345. The lowest BCUT2D eigenvalue weighted by atomic mass is 9.97. The number of ketones is 1. The van der Waals surface area contributed by atoms with Crippen LogP contribution in [-0.4, -0.2) is 26.3 Å². The summed E-state index contributed by atoms with van der Waals surface area (Å²) in [7, 11) is 1.77. The molecule has 0 fully saturated rings. The molecule has 3 aromatic rings. The van der Waals surface area contributed by atoms with Crippen LogP contribution in [0, 0.1) is 5.82 Å². The molecule has 6 heteroatoms. The molecule has 4 nitrogen and oxygen atoms in total. The second-order valence-electron chi connectivity index (χ2n) is 6.49. The number of thioether (sulfide) groups is 1. The Bertz CT molecular complexity index is 937. The van der Waals surface area contributed by atoms with Crippen LogP contribution in [0.5, 0.6) is 0 Å². The third-order valence-corrected chi connectivity index (χ3v) is 5.72. The molecule has 0 aliphatic carbocycles. The van der Waals surface area contributed by atoms with Gasteiger partial charge in [-0.1, -0.05) is 62.0 Å². The number of nitrogens with zero attached hydrogens (tertiary/aromatic N) is 3. The predicted molar refractivity (Wildman–Crippen MR) is 107 cm³/mol. The minimum absolute atomic E-state index is 0.0335. The van der Waals surface area contributed by atoms with Crippen molar-refractivity contribution in [2.24, 2.45) is 7.05 Å². The highest BCUT2D eigenvalue weighted by atomic mass is 32.2. The topological polar surface area (TPSA) is 47.8 Å². The van der Waals surface area contributed by atoms with E-state index < -0.39 is 0 Å². The highest BCUT2D eigenvalue weighted by Gasteiger charge is 2.16. The molecule has 140 valence electrons. The first kappa shape index (κ1) is 19.3. The fourth-order valence-electron chi connectivity index (χ4n) is 2.76. The van der Waals surface area contributed by atoms with Gasteiger partial charge in [-0.15, -0.1) is 10.2 Å². The van der Waals surface area contributed by atoms with Crippen molar-refractivity contribution >= 4 is 17.5 Å². The van der Waals surface area contributed by atoms with Crippen molar-refractivity contribution in [1.29, 1.82) is 0 Å². The minimum Gasteiger partial charge on any atom is -0.305 e. The number of carbonyl (C=O) groups is 1. The van der Waals surface area contributed by atoms with Gasteiger partial charge in [-0.25, -0.2) is 4.39 Å². The average molecular weight is 383 g/mol. The van der Waals surface area contributed by atoms with Gasteiger partial charge in [0.2, 0.25) is 0 Å². The van der Waals surface area contributed by atoms with Crippen LogP contribution < -0.4 is 0 Å². The largest absolute Gasteiger partial charge is 0.305 e. The molecule has 0 bridgehead atoms. The zero-order valence-electron chi connectivity index (χ0n) is 15.6. The number of Topliss-reactive ketones (excluding diaryl/α,β-unsaturated/α-hetero) is 1. The number of hydrogen-bond donors (Lipinski definition) is 0. The molecule has 0 saturated carbocycles. The molecule has 0 unspecified atom stereocenters. The van der Waals surface area contributed by atoms with E-state index in [1.165, 1.54) is 23.4 Å². The maximum Gasteiger partial charge on any atom is 0.191 e. The van der Waals surface area contributed by atoms with E-state index in [1.54, 1.807) is 29.8 Å². The summed E-state index contributed by atoms with van der Waals surface area (Å²) >= 11 is 1.30. The SMILES string of the molecule is CC[C@@H](C)c1ccc(C(=O)CSc2nnc(-c3ccccc3F)n2C)cc1. The first-order valence-corrected chi connectivity index (χ1v) is 9.90. The van der Waals surface area contributed by atoms with Crippen LogP contribution in [0.25, 0.3) is 11.4 Å². The summed E-state index contributed by atoms with van der Waals surface area (Å²) in [4.78, 5) is 12.5. The van der Waals surface area contributed by atoms with Crippen LogP contribution in [0.4, 0.5) is 4.39 Å². The van der Waals surface area contributed by atoms with Crippen molar-refractivity contribution in [2.45, 2.75) is 31.3 Å². The monoisotopic (exact) mass is 383 g/mol. The van der Waals surface area contributed by atoms with E-state index in [0.29, 0.717) is 28.0 Å². The number of aromatic nitrogens is 3. The first-order chi connectivity index (χ1) is 13.0. The number of rotatable bonds is 7. The molecule has 0 N–H and O–H groups in total. The number of halogens is 1. The van der Waals surface area contributed by atoms with E-state index >= 15 is 0 Å². The van der Waals surface area contributed by atoms with Gasteiger partial charge in [-0.05, 0) is 30.0 Å². The fraction of sp³-hybridized carbons (Fsp3) is 0.286. The van der Waals surface area contributed by atoms with Crippen molar-refractivity contribution < 1.29 is 9.18 Å². The molecule has 1 aromatic heterocycles. The van der Waals surface area contributed by atoms with Crippen LogP contribution in [0.1, 0.15) is 42.1 Å². The van der Waals surface area contributed by atoms with Gasteiger partial charge in [0.15, 0.2) is 16.8 Å². The Labute approximate surface area is 162 Å². The Balaban J connectivity index is 1.68. The van der Waals surface area contributed by atoms with E-state index in [9.17, 15) is 9.18 Å². The van der Waals surface area contributed by atoms with Crippen molar-refractivity contribution in [2.75, 3.05) is 5.75 Å². The van der Waals surface area contributed by atoms with E-state index in [0.717, 1.165) is 6.42 Å². The summed E-state index contributed by atoms with van der Waals surface area (Å²) in [5.41, 5.74) is 2.32. The van der Waals surface area contributed by atoms with Crippen LogP contribution >= 0.6 is 11.8 Å². The second-order valence-corrected chi connectivity index (χ2v) is 7.43. The summed E-state index contributed by atoms with van der Waals surface area (Å²) in [6.45, 7) is 4.32. The lowest BCUT2D eigenvalue weighted by Gasteiger charge is -2.09. The number of benzene rings is 2. The molecular formula is C21H22FN3OS. The van der Waals surface area contributed by atoms with Crippen LogP contribution in [-0.2, 0) is 7.05 Å². The van der Waals surface area contributed by atoms with Crippen LogP contribution in [0.2, 0.25) is 0 Å². The summed E-state index contributed by atoms with van der Waals surface area (Å²) in [5.74, 6) is 0.874. The Hall–Kier alpha value is -2.47. The second kappa shape index (κ2) is 8.48. The molecule has 0 saturated heterocycles. The molecular weight excluding hydrogens is 361 g/mol. The van der Waals surface area contributed by atoms with Gasteiger partial charge >= 0.3 is 0 Å². The zero-order chi connectivity index (χ0) is 19.4. The molecule has 1 heterocycles. The Morgan fingerprint density at radius 3 is 2.52 bits per heavy atom. The van der Waals surface area contributed by atoms with Gasteiger partial charge in [0.1, 0.15) is 5.82 Å². The summed E-state index contributed by atoms with van der Waals surface area (Å²) < 4.78 is 15.7. The lowest BCUT2D eigenvalue weighted by Crippen LogP contribution is -2.04. The van der Waals surface area contributed by atoms with Gasteiger partial charge in [0.05, 0.1) is 11.3 Å². The molecule has 0 aliphatic heterocycles. The molecule has 2 aromatic carbocycles. The molecule has 0 aliphatic rings. The molecule has 0 amide bonds. The summed E-state index contributed by atoms with van der Waals surface area (Å²) in [6.07, 6.45) is 1.07. The zero-order valence-corrected chi connectivity index (χ0v) is 16.5. The Morgan fingerprint density at radius 1 is 1.15 bits per heavy atom. The van der Waals surface area contributed by atoms with E-state index in [4.69, 9.17) is 0 Å². The Morgan fingerprint density at radius 2 is 1.85 bits per heavy atom. The first-order valence-electron chi connectivity index (χ1n) is 8.91. The maximum absolute atomic E-state index is 14.0. The molecule has 0 spiro atoms. The smallest absolute Gasteiger partial charge is 0.191 e. The van der Waals surface area contributed by atoms with Gasteiger partial charge in [-0.3, -0.25) is 4.79 Å². The Kier molecular flexibility index (Phi) is 6.06. The van der Waals surface area contributed by atoms with Crippen molar-refractivity contribution in [3.8, 4) is 11.4 Å². The van der Waals surface area contributed by atoms with E-state index in [-0.39, 0.29) is 17.4 Å². The van der Waals surface area contributed by atoms with E-state index in [2.05, 4.69) is 24.0 Å². The van der Waals surface area contributed by atoms with Crippen LogP contribution in [0.3, 0.4) is 0 Å². The van der Waals surface area contributed by atoms with E-state index in [1.807, 2.05) is 24.3 Å². The molecule has 0 radical (unpaired) electrons. The fourth-order valence-corrected chi connectivity index (χ4v) is 3.57. The lowest BCUT2D eigenvalue weighted by molar-refractivity contribution is 0.102. The predicted octanol–water partition coefficient (Wildman–Crippen LogP) is 5.11. The van der Waals surface area contributed by atoms with Gasteiger partial charge in [-0.2, -0.15) is 0 Å². The third kappa shape index (κ3) is 4.27. The normalized spacial score (nSPS) is 12.1. The van der Waals surface area contributed by atoms with Crippen molar-refractivity contribution in [3.63, 3.8) is 0 Å². The third-order valence-electron chi connectivity index (χ3n) is 4.70. The van der Waals surface area contributed by atoms with Crippen molar-refractivity contribution in [3.05, 3.63) is 65.5 Å². The molecule has 1 atom stereocenters. The van der Waals surface area contributed by atoms with Crippen molar-refractivity contribution in [1.82, 2.24) is 14.8 Å². The number of carbonyl (C=O) groups excluding carboxylic acids is 1. The standard InChI is InChI=1S/C21H22FN3OS/c1-4-14(2)15-9-11-16(12-10-15)19(26)13-27-21-24-23-20(25(21)3)17-7-5-6-8-18(17)22/h5-12,14H,4,13H2,1-3H3/t14-/m1/s1. The maximum atomic E-state index is 14.0. The summed E-state index contributed by atoms with van der Waals surface area (Å²) in [5, 5.41) is 8.76. The quantitative estimate of drug-likeness (QED) is 0.420. The highest BCUT2D eigenvalue weighted by molar-refractivity contribution is 7.99. The summed E-state index contributed by atoms with van der Waals surface area (Å²) in [6, 6.07) is 14.2.